The Kier molecular flexibility index (Phi) is 18.3. The molecule has 8 N–H and O–H groups in total. The molecule has 0 saturated carbocycles. The Hall–Kier alpha value is -1.23. The van der Waals surface area contributed by atoms with Crippen molar-refractivity contribution in [3.8, 4) is 0 Å². The number of unbranched alkanes of at least 4 members (excludes halogenated alkanes) is 9. The van der Waals surface area contributed by atoms with Crippen molar-refractivity contribution >= 4 is 5.97 Å². The first-order valence-electron chi connectivity index (χ1n) is 15.7. The van der Waals surface area contributed by atoms with Gasteiger partial charge in [-0.25, -0.2) is 0 Å². The van der Waals surface area contributed by atoms with E-state index in [0.717, 1.165) is 70.6 Å². The molecule has 0 aromatic rings. The molecule has 2 fully saturated rings. The van der Waals surface area contributed by atoms with Crippen molar-refractivity contribution in [1.82, 2.24) is 0 Å². The molecule has 252 valence electrons. The van der Waals surface area contributed by atoms with Gasteiger partial charge in [0.05, 0.1) is 19.3 Å². The number of carbonyl (C=O) groups is 1. The van der Waals surface area contributed by atoms with Gasteiger partial charge in [0.1, 0.15) is 48.8 Å². The molecule has 0 bridgehead atoms. The van der Waals surface area contributed by atoms with Crippen molar-refractivity contribution in [2.75, 3.05) is 13.2 Å². The second-order valence-corrected chi connectivity index (χ2v) is 11.6. The minimum absolute atomic E-state index is 0.255. The maximum absolute atomic E-state index is 10.7. The third kappa shape index (κ3) is 13.0. The summed E-state index contributed by atoms with van der Waals surface area (Å²) in [6.45, 7) is 0.590. The van der Waals surface area contributed by atoms with Gasteiger partial charge in [0, 0.05) is 6.42 Å². The first kappa shape index (κ1) is 38.0. The number of allylic oxidation sites excluding steroid dienone is 2. The van der Waals surface area contributed by atoms with Gasteiger partial charge in [-0.2, -0.15) is 0 Å². The van der Waals surface area contributed by atoms with Crippen molar-refractivity contribution in [3.63, 3.8) is 0 Å². The fraction of sp³-hybridized carbons (Fsp3) is 0.900. The lowest BCUT2D eigenvalue weighted by atomic mass is 9.97. The van der Waals surface area contributed by atoms with Gasteiger partial charge in [0.15, 0.2) is 12.6 Å². The molecule has 13 heteroatoms. The molecule has 43 heavy (non-hydrogen) atoms. The molecule has 0 spiro atoms. The van der Waals surface area contributed by atoms with Gasteiger partial charge in [-0.3, -0.25) is 4.79 Å². The molecule has 0 radical (unpaired) electrons. The molecule has 2 heterocycles. The second-order valence-electron chi connectivity index (χ2n) is 11.6. The fourth-order valence-corrected chi connectivity index (χ4v) is 5.29. The molecule has 0 aromatic heterocycles. The van der Waals surface area contributed by atoms with Gasteiger partial charge in [-0.1, -0.05) is 50.7 Å². The van der Waals surface area contributed by atoms with E-state index in [1.165, 1.54) is 0 Å². The lowest BCUT2D eigenvalue weighted by Crippen LogP contribution is -2.64. The third-order valence-corrected chi connectivity index (χ3v) is 7.99. The molecule has 2 rings (SSSR count). The fourth-order valence-electron chi connectivity index (χ4n) is 5.29. The van der Waals surface area contributed by atoms with Gasteiger partial charge in [0.2, 0.25) is 0 Å². The summed E-state index contributed by atoms with van der Waals surface area (Å²) in [5.74, 6) is -0.727. The van der Waals surface area contributed by atoms with Gasteiger partial charge in [0.25, 0.3) is 0 Å². The summed E-state index contributed by atoms with van der Waals surface area (Å²) in [6.07, 6.45) is 1.48. The Labute approximate surface area is 254 Å². The standard InChI is InChI=1S/C30H54O13/c1-19(15-13-11-9-7-5-3-2-4-6-8-10-12-14-16-22(33)34)40-30-28(26(38)24(36)21(18-32)42-30)43-29-27(39)25(37)23(35)20(17-31)41-29/h2-3,19-21,23-32,35-39H,4-18H2,1H3,(H,33,34)/b3-2+/t19?,20-,21-,23-,24-,25+,26+,27-,28-,29+,30-/m1/s1. The highest BCUT2D eigenvalue weighted by atomic mass is 16.8. The largest absolute Gasteiger partial charge is 0.481 e. The Morgan fingerprint density at radius 1 is 0.698 bits per heavy atom. The third-order valence-electron chi connectivity index (χ3n) is 7.99. The molecule has 0 aliphatic carbocycles. The molecule has 1 unspecified atom stereocenters. The van der Waals surface area contributed by atoms with Gasteiger partial charge in [-0.15, -0.1) is 0 Å². The first-order chi connectivity index (χ1) is 20.6. The van der Waals surface area contributed by atoms with Crippen LogP contribution >= 0.6 is 0 Å². The zero-order valence-electron chi connectivity index (χ0n) is 25.2. The summed E-state index contributed by atoms with van der Waals surface area (Å²) in [6, 6.07) is 0. The molecule has 2 saturated heterocycles. The highest BCUT2D eigenvalue weighted by Crippen LogP contribution is 2.30. The number of hydrogen-bond donors (Lipinski definition) is 8. The molecule has 2 aliphatic heterocycles. The van der Waals surface area contributed by atoms with Gasteiger partial charge in [-0.05, 0) is 45.4 Å². The number of aliphatic hydroxyl groups is 7. The molecular weight excluding hydrogens is 568 g/mol. The Balaban J connectivity index is 1.71. The average Bonchev–Trinajstić information content (AvgIpc) is 2.98. The second kappa shape index (κ2) is 20.7. The van der Waals surface area contributed by atoms with Crippen molar-refractivity contribution in [2.45, 2.75) is 158 Å². The van der Waals surface area contributed by atoms with Crippen LogP contribution in [0.4, 0.5) is 0 Å². The molecular formula is C30H54O13. The van der Waals surface area contributed by atoms with Crippen molar-refractivity contribution < 1.29 is 64.6 Å². The van der Waals surface area contributed by atoms with Crippen LogP contribution < -0.4 is 0 Å². The molecule has 13 nitrogen and oxygen atoms in total. The molecule has 0 aromatic carbocycles. The number of carboxylic acids is 1. The molecule has 0 amide bonds. The van der Waals surface area contributed by atoms with Crippen LogP contribution in [-0.4, -0.2) is 128 Å². The van der Waals surface area contributed by atoms with Crippen LogP contribution in [0.2, 0.25) is 0 Å². The predicted molar refractivity (Wildman–Crippen MR) is 154 cm³/mol. The Bertz CT molecular complexity index is 781. The lowest BCUT2D eigenvalue weighted by Gasteiger charge is -2.46. The zero-order chi connectivity index (χ0) is 31.8. The minimum Gasteiger partial charge on any atom is -0.481 e. The van der Waals surface area contributed by atoms with Crippen LogP contribution in [0.3, 0.4) is 0 Å². The van der Waals surface area contributed by atoms with Crippen molar-refractivity contribution in [3.05, 3.63) is 12.2 Å². The van der Waals surface area contributed by atoms with E-state index < -0.39 is 80.6 Å². The number of carboxylic acid groups (broad SMARTS) is 1. The Morgan fingerprint density at radius 3 is 1.79 bits per heavy atom. The maximum Gasteiger partial charge on any atom is 0.303 e. The highest BCUT2D eigenvalue weighted by molar-refractivity contribution is 5.66. The summed E-state index contributed by atoms with van der Waals surface area (Å²) >= 11 is 0. The van der Waals surface area contributed by atoms with Crippen LogP contribution in [-0.2, 0) is 23.7 Å². The zero-order valence-corrected chi connectivity index (χ0v) is 25.2. The number of hydrogen-bond acceptors (Lipinski definition) is 12. The van der Waals surface area contributed by atoms with E-state index in [-0.39, 0.29) is 12.5 Å². The topological polar surface area (TPSA) is 216 Å². The first-order valence-corrected chi connectivity index (χ1v) is 15.7. The summed E-state index contributed by atoms with van der Waals surface area (Å²) in [5.41, 5.74) is 0. The van der Waals surface area contributed by atoms with Crippen LogP contribution in [0.15, 0.2) is 12.2 Å². The minimum atomic E-state index is -1.72. The van der Waals surface area contributed by atoms with E-state index in [2.05, 4.69) is 12.2 Å². The number of aliphatic carboxylic acids is 1. The quantitative estimate of drug-likeness (QED) is 0.0655. The maximum atomic E-state index is 10.7. The highest BCUT2D eigenvalue weighted by Gasteiger charge is 2.51. The number of rotatable bonds is 21. The van der Waals surface area contributed by atoms with Crippen molar-refractivity contribution in [2.24, 2.45) is 0 Å². The average molecular weight is 623 g/mol. The summed E-state index contributed by atoms with van der Waals surface area (Å²) in [5, 5.41) is 79.2. The summed E-state index contributed by atoms with van der Waals surface area (Å²) in [4.78, 5) is 10.5. The SMILES string of the molecule is CC(CCCCCC/C=C/CCCCCCCC(=O)O)O[C@@H]1O[C@H](CO)[C@@H](O)[C@H](O)[C@H]1O[C@@H]1O[C@H](CO)[C@@H](O)[C@H](O)[C@H]1O. The van der Waals surface area contributed by atoms with E-state index in [1.54, 1.807) is 0 Å². The van der Waals surface area contributed by atoms with Crippen LogP contribution in [0, 0.1) is 0 Å². The van der Waals surface area contributed by atoms with E-state index in [9.17, 15) is 40.5 Å². The van der Waals surface area contributed by atoms with E-state index >= 15 is 0 Å². The van der Waals surface area contributed by atoms with E-state index in [0.29, 0.717) is 6.42 Å². The van der Waals surface area contributed by atoms with Gasteiger partial charge < -0.3 is 59.8 Å². The lowest BCUT2D eigenvalue weighted by molar-refractivity contribution is -0.371. The summed E-state index contributed by atoms with van der Waals surface area (Å²) < 4.78 is 22.7. The van der Waals surface area contributed by atoms with E-state index in [4.69, 9.17) is 24.1 Å². The van der Waals surface area contributed by atoms with Crippen LogP contribution in [0.1, 0.15) is 90.4 Å². The monoisotopic (exact) mass is 622 g/mol. The van der Waals surface area contributed by atoms with Crippen molar-refractivity contribution in [1.29, 1.82) is 0 Å². The smallest absolute Gasteiger partial charge is 0.303 e. The number of aliphatic hydroxyl groups excluding tert-OH is 7. The predicted octanol–water partition coefficient (Wildman–Crippen LogP) is 0.728. The van der Waals surface area contributed by atoms with E-state index in [1.807, 2.05) is 6.92 Å². The Morgan fingerprint density at radius 2 is 1.21 bits per heavy atom. The normalized spacial score (nSPS) is 34.0. The molecule has 11 atom stereocenters. The number of ether oxygens (including phenoxy) is 4. The van der Waals surface area contributed by atoms with Gasteiger partial charge >= 0.3 is 5.97 Å². The summed E-state index contributed by atoms with van der Waals surface area (Å²) in [7, 11) is 0. The van der Waals surface area contributed by atoms with Crippen LogP contribution in [0.5, 0.6) is 0 Å². The molecule has 2 aliphatic rings. The van der Waals surface area contributed by atoms with Crippen LogP contribution in [0.25, 0.3) is 0 Å².